The molecule has 7 heteroatoms. The maximum absolute atomic E-state index is 12.2. The number of nitrogens with one attached hydrogen (secondary N) is 2. The lowest BCUT2D eigenvalue weighted by atomic mass is 10.1. The van der Waals surface area contributed by atoms with E-state index >= 15 is 0 Å². The van der Waals surface area contributed by atoms with Crippen LogP contribution in [0.25, 0.3) is 0 Å². The largest absolute Gasteiger partial charge is 0.497 e. The van der Waals surface area contributed by atoms with E-state index in [1.807, 2.05) is 24.3 Å². The van der Waals surface area contributed by atoms with Crippen molar-refractivity contribution in [3.8, 4) is 11.8 Å². The molecule has 140 valence electrons. The number of amides is 1. The number of ether oxygens (including phenoxy) is 1. The lowest BCUT2D eigenvalue weighted by Crippen LogP contribution is -2.26. The molecule has 2 N–H and O–H groups in total. The van der Waals surface area contributed by atoms with Crippen molar-refractivity contribution in [1.29, 1.82) is 5.26 Å². The molecule has 3 rings (SSSR count). The fourth-order valence-corrected chi connectivity index (χ4v) is 2.50. The summed E-state index contributed by atoms with van der Waals surface area (Å²) in [6.07, 6.45) is 0.710. The number of aromatic nitrogens is 2. The first-order valence-electron chi connectivity index (χ1n) is 8.70. The van der Waals surface area contributed by atoms with E-state index in [4.69, 9.17) is 10.00 Å². The smallest absolute Gasteiger partial charge is 0.271 e. The van der Waals surface area contributed by atoms with Crippen LogP contribution in [0.1, 0.15) is 21.6 Å². The number of hydrogen-bond acceptors (Lipinski definition) is 6. The summed E-state index contributed by atoms with van der Waals surface area (Å²) in [4.78, 5) is 12.2. The Morgan fingerprint density at radius 1 is 1.04 bits per heavy atom. The minimum Gasteiger partial charge on any atom is -0.497 e. The summed E-state index contributed by atoms with van der Waals surface area (Å²) >= 11 is 0. The monoisotopic (exact) mass is 373 g/mol. The van der Waals surface area contributed by atoms with Gasteiger partial charge in [-0.3, -0.25) is 4.79 Å². The molecule has 7 nitrogen and oxygen atoms in total. The van der Waals surface area contributed by atoms with Crippen LogP contribution >= 0.6 is 0 Å². The molecule has 2 aromatic carbocycles. The summed E-state index contributed by atoms with van der Waals surface area (Å²) < 4.78 is 5.12. The number of methoxy groups -OCH3 is 1. The van der Waals surface area contributed by atoms with E-state index in [9.17, 15) is 4.79 Å². The number of anilines is 2. The van der Waals surface area contributed by atoms with E-state index in [2.05, 4.69) is 26.9 Å². The number of nitriles is 1. The first-order chi connectivity index (χ1) is 13.7. The van der Waals surface area contributed by atoms with Crippen LogP contribution in [0.2, 0.25) is 0 Å². The van der Waals surface area contributed by atoms with Gasteiger partial charge in [-0.25, -0.2) is 0 Å². The van der Waals surface area contributed by atoms with Gasteiger partial charge in [-0.1, -0.05) is 12.1 Å². The highest BCUT2D eigenvalue weighted by atomic mass is 16.5. The van der Waals surface area contributed by atoms with Gasteiger partial charge in [-0.2, -0.15) is 5.26 Å². The molecule has 0 atom stereocenters. The maximum Gasteiger partial charge on any atom is 0.271 e. The highest BCUT2D eigenvalue weighted by Crippen LogP contribution is 2.15. The quantitative estimate of drug-likeness (QED) is 0.660. The Kier molecular flexibility index (Phi) is 6.16. The number of nitrogens with zero attached hydrogens (tertiary/aromatic N) is 3. The lowest BCUT2D eigenvalue weighted by Gasteiger charge is -2.07. The van der Waals surface area contributed by atoms with Crippen LogP contribution in [-0.2, 0) is 6.42 Å². The highest BCUT2D eigenvalue weighted by Gasteiger charge is 2.08. The van der Waals surface area contributed by atoms with E-state index in [0.29, 0.717) is 24.3 Å². The van der Waals surface area contributed by atoms with Crippen LogP contribution in [0, 0.1) is 11.3 Å². The molecule has 0 spiro atoms. The number of carbonyl (C=O) groups is 1. The Morgan fingerprint density at radius 3 is 2.39 bits per heavy atom. The number of carbonyl (C=O) groups excluding carboxylic acids is 1. The number of rotatable bonds is 7. The van der Waals surface area contributed by atoms with Gasteiger partial charge in [-0.05, 0) is 60.5 Å². The van der Waals surface area contributed by atoms with E-state index in [0.717, 1.165) is 17.0 Å². The van der Waals surface area contributed by atoms with Crippen molar-refractivity contribution in [3.05, 3.63) is 77.5 Å². The van der Waals surface area contributed by atoms with Gasteiger partial charge in [0.2, 0.25) is 0 Å². The second kappa shape index (κ2) is 9.14. The van der Waals surface area contributed by atoms with Gasteiger partial charge in [0.25, 0.3) is 5.91 Å². The van der Waals surface area contributed by atoms with Crippen molar-refractivity contribution in [2.24, 2.45) is 0 Å². The van der Waals surface area contributed by atoms with Crippen LogP contribution in [0.3, 0.4) is 0 Å². The predicted molar refractivity (Wildman–Crippen MR) is 106 cm³/mol. The van der Waals surface area contributed by atoms with Crippen LogP contribution in [0.5, 0.6) is 5.75 Å². The standard InChI is InChI=1S/C21H19N5O2/c1-28-18-8-4-15(5-9-18)12-13-23-21(27)19-10-11-20(26-25-19)24-17-6-2-16(14-22)3-7-17/h2-11H,12-13H2,1H3,(H,23,27)(H,24,26). The third-order valence-electron chi connectivity index (χ3n) is 4.04. The summed E-state index contributed by atoms with van der Waals surface area (Å²) in [6.45, 7) is 0.498. The van der Waals surface area contributed by atoms with Crippen molar-refractivity contribution in [2.45, 2.75) is 6.42 Å². The van der Waals surface area contributed by atoms with Gasteiger partial charge in [0.1, 0.15) is 5.75 Å². The molecule has 0 aliphatic heterocycles. The summed E-state index contributed by atoms with van der Waals surface area (Å²) in [6, 6.07) is 20.0. The molecule has 0 aliphatic carbocycles. The fraction of sp³-hybridized carbons (Fsp3) is 0.143. The van der Waals surface area contributed by atoms with E-state index in [-0.39, 0.29) is 11.6 Å². The molecule has 1 aromatic heterocycles. The molecular weight excluding hydrogens is 354 g/mol. The zero-order chi connectivity index (χ0) is 19.8. The average molecular weight is 373 g/mol. The first-order valence-corrected chi connectivity index (χ1v) is 8.70. The van der Waals surface area contributed by atoms with E-state index < -0.39 is 0 Å². The summed E-state index contributed by atoms with van der Waals surface area (Å²) in [5, 5.41) is 22.7. The second-order valence-corrected chi connectivity index (χ2v) is 5.97. The normalized spacial score (nSPS) is 10.0. The van der Waals surface area contributed by atoms with Gasteiger partial charge in [0.15, 0.2) is 11.5 Å². The Hall–Kier alpha value is -3.92. The lowest BCUT2D eigenvalue weighted by molar-refractivity contribution is 0.0948. The van der Waals surface area contributed by atoms with Crippen molar-refractivity contribution in [2.75, 3.05) is 19.0 Å². The molecule has 0 aliphatic rings. The Morgan fingerprint density at radius 2 is 1.79 bits per heavy atom. The van der Waals surface area contributed by atoms with Gasteiger partial charge >= 0.3 is 0 Å². The zero-order valence-corrected chi connectivity index (χ0v) is 15.3. The third-order valence-corrected chi connectivity index (χ3v) is 4.04. The van der Waals surface area contributed by atoms with Crippen LogP contribution in [0.15, 0.2) is 60.7 Å². The molecule has 0 fully saturated rings. The SMILES string of the molecule is COc1ccc(CCNC(=O)c2ccc(Nc3ccc(C#N)cc3)nn2)cc1. The van der Waals surface area contributed by atoms with Crippen LogP contribution in [0.4, 0.5) is 11.5 Å². The molecule has 0 bridgehead atoms. The summed E-state index contributed by atoms with van der Waals surface area (Å²) in [7, 11) is 1.63. The molecular formula is C21H19N5O2. The van der Waals surface area contributed by atoms with Gasteiger partial charge in [0, 0.05) is 12.2 Å². The third kappa shape index (κ3) is 5.05. The molecule has 0 radical (unpaired) electrons. The van der Waals surface area contributed by atoms with Crippen LogP contribution < -0.4 is 15.4 Å². The Labute approximate surface area is 163 Å². The molecule has 0 unspecified atom stereocenters. The average Bonchev–Trinajstić information content (AvgIpc) is 2.75. The summed E-state index contributed by atoms with van der Waals surface area (Å²) in [5.41, 5.74) is 2.72. The van der Waals surface area contributed by atoms with Crippen molar-refractivity contribution in [3.63, 3.8) is 0 Å². The first kappa shape index (κ1) is 18.9. The molecule has 1 amide bonds. The molecule has 28 heavy (non-hydrogen) atoms. The highest BCUT2D eigenvalue weighted by molar-refractivity contribution is 5.92. The van der Waals surface area contributed by atoms with Crippen molar-refractivity contribution < 1.29 is 9.53 Å². The van der Waals surface area contributed by atoms with Crippen molar-refractivity contribution >= 4 is 17.4 Å². The van der Waals surface area contributed by atoms with Crippen molar-refractivity contribution in [1.82, 2.24) is 15.5 Å². The van der Waals surface area contributed by atoms with E-state index in [1.54, 1.807) is 43.5 Å². The van der Waals surface area contributed by atoms with Crippen LogP contribution in [-0.4, -0.2) is 29.8 Å². The van der Waals surface area contributed by atoms with E-state index in [1.165, 1.54) is 0 Å². The maximum atomic E-state index is 12.2. The molecule has 0 saturated carbocycles. The number of benzene rings is 2. The topological polar surface area (TPSA) is 99.9 Å². The molecule has 0 saturated heterocycles. The van der Waals surface area contributed by atoms with Gasteiger partial charge < -0.3 is 15.4 Å². The molecule has 3 aromatic rings. The Bertz CT molecular complexity index is 962. The number of hydrogen-bond donors (Lipinski definition) is 2. The molecule has 1 heterocycles. The second-order valence-electron chi connectivity index (χ2n) is 5.97. The minimum absolute atomic E-state index is 0.250. The fourth-order valence-electron chi connectivity index (χ4n) is 2.50. The van der Waals surface area contributed by atoms with Gasteiger partial charge in [-0.15, -0.1) is 10.2 Å². The zero-order valence-electron chi connectivity index (χ0n) is 15.3. The minimum atomic E-state index is -0.272. The van der Waals surface area contributed by atoms with Gasteiger partial charge in [0.05, 0.1) is 18.7 Å². The summed E-state index contributed by atoms with van der Waals surface area (Å²) in [5.74, 6) is 1.04. The predicted octanol–water partition coefficient (Wildman–Crippen LogP) is 3.07. The Balaban J connectivity index is 1.50.